The molecule has 0 aliphatic heterocycles. The number of hydrogen-bond acceptors (Lipinski definition) is 6. The van der Waals surface area contributed by atoms with Crippen molar-refractivity contribution in [3.05, 3.63) is 83.8 Å². The molecule has 3 aromatic rings. The molecule has 0 radical (unpaired) electrons. The molecule has 3 rings (SSSR count). The van der Waals surface area contributed by atoms with Crippen molar-refractivity contribution in [2.24, 2.45) is 0 Å². The van der Waals surface area contributed by atoms with Gasteiger partial charge < -0.3 is 14.5 Å². The van der Waals surface area contributed by atoms with Gasteiger partial charge >= 0.3 is 5.97 Å². The van der Waals surface area contributed by atoms with Crippen LogP contribution < -0.4 is 10.0 Å². The first-order chi connectivity index (χ1) is 14.7. The van der Waals surface area contributed by atoms with Gasteiger partial charge in [-0.05, 0) is 48.5 Å². The van der Waals surface area contributed by atoms with Gasteiger partial charge in [0.05, 0.1) is 29.0 Å². The zero-order valence-corrected chi connectivity index (χ0v) is 16.6. The van der Waals surface area contributed by atoms with Crippen LogP contribution in [0, 0.1) is 11.6 Å². The van der Waals surface area contributed by atoms with Gasteiger partial charge in [0.25, 0.3) is 5.91 Å². The lowest BCUT2D eigenvalue weighted by molar-refractivity contribution is -0.119. The second kappa shape index (κ2) is 9.49. The van der Waals surface area contributed by atoms with Gasteiger partial charge in [0.1, 0.15) is 17.4 Å². The Labute approximate surface area is 175 Å². The van der Waals surface area contributed by atoms with Crippen molar-refractivity contribution in [1.82, 2.24) is 4.72 Å². The molecule has 31 heavy (non-hydrogen) atoms. The Morgan fingerprint density at radius 2 is 1.77 bits per heavy atom. The molecule has 0 aliphatic rings. The number of benzene rings is 2. The second-order valence-corrected chi connectivity index (χ2v) is 7.94. The highest BCUT2D eigenvalue weighted by Crippen LogP contribution is 2.15. The molecule has 0 saturated carbocycles. The standard InChI is InChI=1S/C20H16F2N2O6S/c21-14-5-8-17(22)18(10-14)24-19(25)12-30-20(26)13-3-6-16(7-4-13)31(27,28)23-11-15-2-1-9-29-15/h1-10,23H,11-12H2,(H,24,25). The molecular weight excluding hydrogens is 434 g/mol. The van der Waals surface area contributed by atoms with Crippen LogP contribution in [-0.4, -0.2) is 26.9 Å². The van der Waals surface area contributed by atoms with Gasteiger partial charge in [-0.1, -0.05) is 0 Å². The molecule has 11 heteroatoms. The van der Waals surface area contributed by atoms with Gasteiger partial charge in [-0.2, -0.15) is 0 Å². The van der Waals surface area contributed by atoms with Gasteiger partial charge in [0.2, 0.25) is 10.0 Å². The van der Waals surface area contributed by atoms with E-state index in [9.17, 15) is 26.8 Å². The Morgan fingerprint density at radius 1 is 1.03 bits per heavy atom. The molecule has 0 aliphatic carbocycles. The minimum atomic E-state index is -3.84. The van der Waals surface area contributed by atoms with Crippen molar-refractivity contribution in [3.8, 4) is 0 Å². The van der Waals surface area contributed by atoms with E-state index in [-0.39, 0.29) is 17.0 Å². The normalized spacial score (nSPS) is 11.2. The number of carbonyl (C=O) groups excluding carboxylic acids is 2. The number of sulfonamides is 1. The molecule has 0 atom stereocenters. The number of esters is 1. The molecule has 162 valence electrons. The van der Waals surface area contributed by atoms with Crippen molar-refractivity contribution in [2.75, 3.05) is 11.9 Å². The van der Waals surface area contributed by atoms with Crippen LogP contribution in [-0.2, 0) is 26.1 Å². The van der Waals surface area contributed by atoms with Crippen LogP contribution >= 0.6 is 0 Å². The Hall–Kier alpha value is -3.57. The molecule has 0 bridgehead atoms. The largest absolute Gasteiger partial charge is 0.468 e. The van der Waals surface area contributed by atoms with Crippen molar-refractivity contribution in [2.45, 2.75) is 11.4 Å². The molecule has 8 nitrogen and oxygen atoms in total. The summed E-state index contributed by atoms with van der Waals surface area (Å²) in [6.07, 6.45) is 1.42. The van der Waals surface area contributed by atoms with Gasteiger partial charge in [-0.3, -0.25) is 4.79 Å². The third-order valence-corrected chi connectivity index (χ3v) is 5.37. The molecule has 0 unspecified atom stereocenters. The lowest BCUT2D eigenvalue weighted by Crippen LogP contribution is -2.23. The first kappa shape index (κ1) is 22.1. The predicted octanol–water partition coefficient (Wildman–Crippen LogP) is 2.83. The molecule has 0 saturated heterocycles. The Morgan fingerprint density at radius 3 is 2.45 bits per heavy atom. The Kier molecular flexibility index (Phi) is 6.78. The second-order valence-electron chi connectivity index (χ2n) is 6.18. The first-order valence-corrected chi connectivity index (χ1v) is 10.3. The molecule has 1 amide bonds. The molecule has 1 heterocycles. The lowest BCUT2D eigenvalue weighted by Gasteiger charge is -2.08. The van der Waals surface area contributed by atoms with Crippen LogP contribution in [0.5, 0.6) is 0 Å². The van der Waals surface area contributed by atoms with Gasteiger partial charge in [0.15, 0.2) is 6.61 Å². The maximum Gasteiger partial charge on any atom is 0.338 e. The highest BCUT2D eigenvalue weighted by atomic mass is 32.2. The van der Waals surface area contributed by atoms with Crippen LogP contribution in [0.25, 0.3) is 0 Å². The summed E-state index contributed by atoms with van der Waals surface area (Å²) in [6.45, 7) is -0.792. The van der Waals surface area contributed by atoms with E-state index in [0.717, 1.165) is 18.2 Å². The minimum Gasteiger partial charge on any atom is -0.468 e. The maximum atomic E-state index is 13.5. The lowest BCUT2D eigenvalue weighted by atomic mass is 10.2. The summed E-state index contributed by atoms with van der Waals surface area (Å²) in [5, 5.41) is 2.09. The van der Waals surface area contributed by atoms with Crippen molar-refractivity contribution in [3.63, 3.8) is 0 Å². The molecule has 2 N–H and O–H groups in total. The summed E-state index contributed by atoms with van der Waals surface area (Å²) < 4.78 is 63.4. The van der Waals surface area contributed by atoms with Crippen molar-refractivity contribution < 1.29 is 35.9 Å². The number of carbonyl (C=O) groups is 2. The SMILES string of the molecule is O=C(COC(=O)c1ccc(S(=O)(=O)NCc2ccco2)cc1)Nc1cc(F)ccc1F. The van der Waals surface area contributed by atoms with E-state index in [1.54, 1.807) is 12.1 Å². The summed E-state index contributed by atoms with van der Waals surface area (Å²) in [5.41, 5.74) is -0.396. The number of furan rings is 1. The van der Waals surface area contributed by atoms with E-state index >= 15 is 0 Å². The van der Waals surface area contributed by atoms with E-state index in [0.29, 0.717) is 5.76 Å². The Bertz CT molecular complexity index is 1180. The van der Waals surface area contributed by atoms with E-state index in [1.165, 1.54) is 30.5 Å². The number of halogens is 2. The monoisotopic (exact) mass is 450 g/mol. The van der Waals surface area contributed by atoms with E-state index < -0.39 is 45.8 Å². The van der Waals surface area contributed by atoms with Crippen LogP contribution in [0.2, 0.25) is 0 Å². The fourth-order valence-electron chi connectivity index (χ4n) is 2.43. The summed E-state index contributed by atoms with van der Waals surface area (Å²) in [6, 6.07) is 10.6. The molecule has 0 fully saturated rings. The van der Waals surface area contributed by atoms with Gasteiger partial charge in [-0.15, -0.1) is 0 Å². The fraction of sp³-hybridized carbons (Fsp3) is 0.100. The average molecular weight is 450 g/mol. The summed E-state index contributed by atoms with van der Waals surface area (Å²) >= 11 is 0. The van der Waals surface area contributed by atoms with E-state index in [4.69, 9.17) is 9.15 Å². The number of ether oxygens (including phenoxy) is 1. The zero-order valence-electron chi connectivity index (χ0n) is 15.8. The number of hydrogen-bond donors (Lipinski definition) is 2. The molecule has 1 aromatic heterocycles. The van der Waals surface area contributed by atoms with Gasteiger partial charge in [-0.25, -0.2) is 26.7 Å². The van der Waals surface area contributed by atoms with E-state index in [1.807, 2.05) is 0 Å². The highest BCUT2D eigenvalue weighted by Gasteiger charge is 2.17. The number of rotatable bonds is 8. The minimum absolute atomic E-state index is 0.00489. The van der Waals surface area contributed by atoms with Crippen molar-refractivity contribution >= 4 is 27.6 Å². The average Bonchev–Trinajstić information content (AvgIpc) is 3.27. The number of amides is 1. The van der Waals surface area contributed by atoms with Crippen molar-refractivity contribution in [1.29, 1.82) is 0 Å². The highest BCUT2D eigenvalue weighted by molar-refractivity contribution is 7.89. The first-order valence-electron chi connectivity index (χ1n) is 8.79. The molecule has 0 spiro atoms. The van der Waals surface area contributed by atoms with Crippen LogP contribution in [0.15, 0.2) is 70.2 Å². The number of anilines is 1. The van der Waals surface area contributed by atoms with E-state index in [2.05, 4.69) is 10.0 Å². The third kappa shape index (κ3) is 5.96. The fourth-order valence-corrected chi connectivity index (χ4v) is 3.42. The summed E-state index contributed by atoms with van der Waals surface area (Å²) in [7, 11) is -3.84. The predicted molar refractivity (Wildman–Crippen MR) is 104 cm³/mol. The zero-order chi connectivity index (χ0) is 22.4. The smallest absolute Gasteiger partial charge is 0.338 e. The third-order valence-electron chi connectivity index (χ3n) is 3.95. The Balaban J connectivity index is 1.55. The topological polar surface area (TPSA) is 115 Å². The number of nitrogens with one attached hydrogen (secondary N) is 2. The van der Waals surface area contributed by atoms with Crippen LogP contribution in [0.4, 0.5) is 14.5 Å². The summed E-state index contributed by atoms with van der Waals surface area (Å²) in [5.74, 6) is -2.94. The maximum absolute atomic E-state index is 13.5. The molecular formula is C20H16F2N2O6S. The van der Waals surface area contributed by atoms with Crippen LogP contribution in [0.1, 0.15) is 16.1 Å². The summed E-state index contributed by atoms with van der Waals surface area (Å²) in [4.78, 5) is 23.8. The van der Waals surface area contributed by atoms with Gasteiger partial charge in [0, 0.05) is 6.07 Å². The molecule has 2 aromatic carbocycles. The quantitative estimate of drug-likeness (QED) is 0.510. The van der Waals surface area contributed by atoms with Crippen LogP contribution in [0.3, 0.4) is 0 Å².